The molecule has 3 rings (SSSR count). The SMILES string of the molecule is Cn1c(=O)n(CCC(=O)OCCOc2ccc(Cl)cc2)c2ccccc21. The number of carbonyl (C=O) groups is 1. The Labute approximate surface area is 155 Å². The molecule has 0 N–H and O–H groups in total. The molecule has 0 saturated heterocycles. The number of ether oxygens (including phenoxy) is 2. The van der Waals surface area contributed by atoms with Gasteiger partial charge in [0.05, 0.1) is 17.5 Å². The van der Waals surface area contributed by atoms with Gasteiger partial charge in [-0.2, -0.15) is 0 Å². The molecule has 0 aliphatic rings. The van der Waals surface area contributed by atoms with Gasteiger partial charge in [0.25, 0.3) is 0 Å². The Morgan fingerprint density at radius 3 is 2.46 bits per heavy atom. The molecule has 0 spiro atoms. The molecule has 0 amide bonds. The van der Waals surface area contributed by atoms with Crippen LogP contribution in [0, 0.1) is 0 Å². The minimum absolute atomic E-state index is 0.120. The number of esters is 1. The van der Waals surface area contributed by atoms with Crippen molar-refractivity contribution in [2.24, 2.45) is 7.05 Å². The van der Waals surface area contributed by atoms with Crippen LogP contribution in [0.2, 0.25) is 5.02 Å². The van der Waals surface area contributed by atoms with Crippen LogP contribution in [-0.2, 0) is 23.1 Å². The number of para-hydroxylation sites is 2. The van der Waals surface area contributed by atoms with Crippen molar-refractivity contribution in [3.05, 3.63) is 64.0 Å². The smallest absolute Gasteiger partial charge is 0.328 e. The van der Waals surface area contributed by atoms with Gasteiger partial charge in [0.2, 0.25) is 0 Å². The van der Waals surface area contributed by atoms with Gasteiger partial charge in [-0.25, -0.2) is 4.79 Å². The Balaban J connectivity index is 1.48. The van der Waals surface area contributed by atoms with E-state index in [9.17, 15) is 9.59 Å². The number of hydrogen-bond donors (Lipinski definition) is 0. The Bertz CT molecular complexity index is 960. The molecule has 6 nitrogen and oxygen atoms in total. The van der Waals surface area contributed by atoms with Gasteiger partial charge in [-0.05, 0) is 36.4 Å². The van der Waals surface area contributed by atoms with Crippen LogP contribution in [0.3, 0.4) is 0 Å². The number of benzene rings is 2. The van der Waals surface area contributed by atoms with Gasteiger partial charge in [0, 0.05) is 18.6 Å². The molecule has 0 aliphatic carbocycles. The number of rotatable bonds is 7. The minimum atomic E-state index is -0.371. The zero-order chi connectivity index (χ0) is 18.5. The van der Waals surface area contributed by atoms with E-state index < -0.39 is 0 Å². The predicted octanol–water partition coefficient (Wildman–Crippen LogP) is 3.01. The van der Waals surface area contributed by atoms with Crippen molar-refractivity contribution in [1.82, 2.24) is 9.13 Å². The first-order valence-electron chi connectivity index (χ1n) is 8.24. The highest BCUT2D eigenvalue weighted by atomic mass is 35.5. The number of nitrogens with zero attached hydrogens (tertiary/aromatic N) is 2. The zero-order valence-corrected chi connectivity index (χ0v) is 15.1. The van der Waals surface area contributed by atoms with Gasteiger partial charge in [-0.15, -0.1) is 0 Å². The largest absolute Gasteiger partial charge is 0.490 e. The standard InChI is InChI=1S/C19H19ClN2O4/c1-21-16-4-2-3-5-17(16)22(19(21)24)11-10-18(23)26-13-12-25-15-8-6-14(20)7-9-15/h2-9H,10-13H2,1H3. The Morgan fingerprint density at radius 1 is 1.04 bits per heavy atom. The van der Waals surface area contributed by atoms with E-state index in [0.717, 1.165) is 11.0 Å². The van der Waals surface area contributed by atoms with E-state index in [0.29, 0.717) is 10.8 Å². The van der Waals surface area contributed by atoms with Gasteiger partial charge >= 0.3 is 11.7 Å². The second-order valence-electron chi connectivity index (χ2n) is 5.75. The van der Waals surface area contributed by atoms with Crippen molar-refractivity contribution in [2.75, 3.05) is 13.2 Å². The third-order valence-corrected chi connectivity index (χ3v) is 4.27. The molecule has 1 heterocycles. The summed E-state index contributed by atoms with van der Waals surface area (Å²) in [4.78, 5) is 24.2. The van der Waals surface area contributed by atoms with Crippen LogP contribution in [0.4, 0.5) is 0 Å². The number of hydrogen-bond acceptors (Lipinski definition) is 4. The summed E-state index contributed by atoms with van der Waals surface area (Å²) in [5.74, 6) is 0.289. The summed E-state index contributed by atoms with van der Waals surface area (Å²) in [7, 11) is 1.72. The quantitative estimate of drug-likeness (QED) is 0.471. The molecule has 0 radical (unpaired) electrons. The lowest BCUT2D eigenvalue weighted by atomic mass is 10.3. The maximum absolute atomic E-state index is 12.3. The van der Waals surface area contributed by atoms with Crippen LogP contribution in [0.15, 0.2) is 53.3 Å². The Morgan fingerprint density at radius 2 is 1.73 bits per heavy atom. The second-order valence-corrected chi connectivity index (χ2v) is 6.19. The first-order chi connectivity index (χ1) is 12.6. The summed E-state index contributed by atoms with van der Waals surface area (Å²) < 4.78 is 13.8. The number of aryl methyl sites for hydroxylation is 2. The fourth-order valence-corrected chi connectivity index (χ4v) is 2.83. The van der Waals surface area contributed by atoms with Crippen LogP contribution in [-0.4, -0.2) is 28.3 Å². The summed E-state index contributed by atoms with van der Waals surface area (Å²) in [6.45, 7) is 0.671. The molecule has 3 aromatic rings. The molecule has 0 bridgehead atoms. The van der Waals surface area contributed by atoms with E-state index in [1.54, 1.807) is 40.4 Å². The molecule has 0 fully saturated rings. The number of halogens is 1. The maximum Gasteiger partial charge on any atom is 0.328 e. The summed E-state index contributed by atoms with van der Waals surface area (Å²) >= 11 is 5.80. The Kier molecular flexibility index (Phi) is 5.63. The van der Waals surface area contributed by atoms with Crippen molar-refractivity contribution in [3.8, 4) is 5.75 Å². The minimum Gasteiger partial charge on any atom is -0.490 e. The lowest BCUT2D eigenvalue weighted by Gasteiger charge is -2.08. The van der Waals surface area contributed by atoms with Crippen LogP contribution in [0.25, 0.3) is 11.0 Å². The molecular formula is C19H19ClN2O4. The van der Waals surface area contributed by atoms with Crippen LogP contribution >= 0.6 is 11.6 Å². The van der Waals surface area contributed by atoms with Crippen molar-refractivity contribution in [1.29, 1.82) is 0 Å². The zero-order valence-electron chi connectivity index (χ0n) is 14.4. The van der Waals surface area contributed by atoms with Crippen molar-refractivity contribution >= 4 is 28.6 Å². The van der Waals surface area contributed by atoms with Crippen LogP contribution < -0.4 is 10.4 Å². The van der Waals surface area contributed by atoms with Crippen molar-refractivity contribution in [2.45, 2.75) is 13.0 Å². The van der Waals surface area contributed by atoms with Gasteiger partial charge in [0.15, 0.2) is 0 Å². The first kappa shape index (κ1) is 18.1. The molecule has 2 aromatic carbocycles. The summed E-state index contributed by atoms with van der Waals surface area (Å²) in [6.07, 6.45) is 0.120. The molecule has 0 atom stereocenters. The summed E-state index contributed by atoms with van der Waals surface area (Å²) in [5.41, 5.74) is 1.49. The molecular weight excluding hydrogens is 356 g/mol. The van der Waals surface area contributed by atoms with Crippen LogP contribution in [0.1, 0.15) is 6.42 Å². The lowest BCUT2D eigenvalue weighted by molar-refractivity contribution is -0.144. The fourth-order valence-electron chi connectivity index (χ4n) is 2.70. The summed E-state index contributed by atoms with van der Waals surface area (Å²) in [5, 5.41) is 0.632. The third-order valence-electron chi connectivity index (χ3n) is 4.02. The summed E-state index contributed by atoms with van der Waals surface area (Å²) in [6, 6.07) is 14.4. The molecule has 0 aliphatic heterocycles. The second kappa shape index (κ2) is 8.10. The monoisotopic (exact) mass is 374 g/mol. The molecule has 136 valence electrons. The fraction of sp³-hybridized carbons (Fsp3) is 0.263. The van der Waals surface area contributed by atoms with Gasteiger partial charge in [-0.3, -0.25) is 13.9 Å². The normalized spacial score (nSPS) is 10.8. The maximum atomic E-state index is 12.3. The predicted molar refractivity (Wildman–Crippen MR) is 99.7 cm³/mol. The number of aromatic nitrogens is 2. The van der Waals surface area contributed by atoms with E-state index in [1.807, 2.05) is 24.3 Å². The highest BCUT2D eigenvalue weighted by Gasteiger charge is 2.12. The topological polar surface area (TPSA) is 62.5 Å². The molecule has 0 unspecified atom stereocenters. The molecule has 1 aromatic heterocycles. The molecule has 26 heavy (non-hydrogen) atoms. The van der Waals surface area contributed by atoms with E-state index >= 15 is 0 Å². The highest BCUT2D eigenvalue weighted by molar-refractivity contribution is 6.30. The average Bonchev–Trinajstić information content (AvgIpc) is 2.89. The number of carbonyl (C=O) groups excluding carboxylic acids is 1. The number of fused-ring (bicyclic) bond motifs is 1. The Hall–Kier alpha value is -2.73. The van der Waals surface area contributed by atoms with Gasteiger partial charge in [-0.1, -0.05) is 23.7 Å². The van der Waals surface area contributed by atoms with E-state index in [4.69, 9.17) is 21.1 Å². The molecule has 0 saturated carbocycles. The first-order valence-corrected chi connectivity index (χ1v) is 8.62. The molecule has 7 heteroatoms. The van der Waals surface area contributed by atoms with Crippen LogP contribution in [0.5, 0.6) is 5.75 Å². The third kappa shape index (κ3) is 4.08. The van der Waals surface area contributed by atoms with Gasteiger partial charge in [0.1, 0.15) is 19.0 Å². The van der Waals surface area contributed by atoms with E-state index in [2.05, 4.69) is 0 Å². The average molecular weight is 375 g/mol. The van der Waals surface area contributed by atoms with Crippen molar-refractivity contribution in [3.63, 3.8) is 0 Å². The van der Waals surface area contributed by atoms with E-state index in [-0.39, 0.29) is 37.8 Å². The van der Waals surface area contributed by atoms with Crippen molar-refractivity contribution < 1.29 is 14.3 Å². The number of imidazole rings is 1. The highest BCUT2D eigenvalue weighted by Crippen LogP contribution is 2.15. The van der Waals surface area contributed by atoms with E-state index in [1.165, 1.54) is 0 Å². The van der Waals surface area contributed by atoms with Gasteiger partial charge < -0.3 is 9.47 Å². The lowest BCUT2D eigenvalue weighted by Crippen LogP contribution is -2.24.